The molecule has 17 heavy (non-hydrogen) atoms. The van der Waals surface area contributed by atoms with Gasteiger partial charge in [-0.25, -0.2) is 0 Å². The second-order valence-electron chi connectivity index (χ2n) is 5.40. The zero-order valence-corrected chi connectivity index (χ0v) is 11.3. The first-order valence-electron chi connectivity index (χ1n) is 6.69. The van der Waals surface area contributed by atoms with Gasteiger partial charge in [0.05, 0.1) is 12.6 Å². The van der Waals surface area contributed by atoms with E-state index >= 15 is 0 Å². The zero-order valence-electron chi connectivity index (χ0n) is 11.3. The molecule has 1 fully saturated rings. The molecule has 4 heteroatoms. The summed E-state index contributed by atoms with van der Waals surface area (Å²) in [6.45, 7) is 6.74. The molecule has 3 atom stereocenters. The maximum atomic E-state index is 11.7. The standard InChI is InChI=1S/C13H26N2O2/c1-4-14-12(17)11(3)15-13(9-16)7-5-6-10(2)8-13/h10-11,15-16H,4-9H2,1-3H3,(H,14,17). The van der Waals surface area contributed by atoms with Crippen molar-refractivity contribution in [2.24, 2.45) is 5.92 Å². The number of aliphatic hydroxyl groups excluding tert-OH is 1. The van der Waals surface area contributed by atoms with Gasteiger partial charge in [-0.05, 0) is 32.6 Å². The molecule has 1 aliphatic rings. The molecule has 1 saturated carbocycles. The Balaban J connectivity index is 2.58. The molecule has 1 rings (SSSR count). The van der Waals surface area contributed by atoms with E-state index < -0.39 is 0 Å². The zero-order chi connectivity index (χ0) is 12.9. The van der Waals surface area contributed by atoms with Gasteiger partial charge in [0.25, 0.3) is 0 Å². The molecule has 4 nitrogen and oxygen atoms in total. The van der Waals surface area contributed by atoms with E-state index in [-0.39, 0.29) is 24.1 Å². The molecule has 0 spiro atoms. The van der Waals surface area contributed by atoms with Crippen LogP contribution in [0.15, 0.2) is 0 Å². The number of rotatable bonds is 5. The van der Waals surface area contributed by atoms with E-state index in [1.807, 2.05) is 13.8 Å². The normalized spacial score (nSPS) is 30.9. The summed E-state index contributed by atoms with van der Waals surface area (Å²) in [4.78, 5) is 11.7. The minimum absolute atomic E-state index is 0.0125. The molecule has 0 aromatic carbocycles. The minimum atomic E-state index is -0.262. The second-order valence-corrected chi connectivity index (χ2v) is 5.40. The average molecular weight is 242 g/mol. The van der Waals surface area contributed by atoms with Gasteiger partial charge in [-0.2, -0.15) is 0 Å². The number of aliphatic hydroxyl groups is 1. The van der Waals surface area contributed by atoms with Crippen molar-refractivity contribution in [3.05, 3.63) is 0 Å². The molecular weight excluding hydrogens is 216 g/mol. The summed E-state index contributed by atoms with van der Waals surface area (Å²) in [5.74, 6) is 0.628. The van der Waals surface area contributed by atoms with E-state index in [2.05, 4.69) is 17.6 Å². The van der Waals surface area contributed by atoms with Crippen LogP contribution in [0.1, 0.15) is 46.5 Å². The number of carbonyl (C=O) groups excluding carboxylic acids is 1. The van der Waals surface area contributed by atoms with E-state index in [0.29, 0.717) is 12.5 Å². The van der Waals surface area contributed by atoms with Crippen LogP contribution in [0.3, 0.4) is 0 Å². The highest BCUT2D eigenvalue weighted by atomic mass is 16.3. The highest BCUT2D eigenvalue weighted by Gasteiger charge is 2.36. The van der Waals surface area contributed by atoms with Gasteiger partial charge in [0, 0.05) is 12.1 Å². The van der Waals surface area contributed by atoms with Crippen molar-refractivity contribution in [1.29, 1.82) is 0 Å². The van der Waals surface area contributed by atoms with Crippen molar-refractivity contribution in [1.82, 2.24) is 10.6 Å². The smallest absolute Gasteiger partial charge is 0.236 e. The first-order chi connectivity index (χ1) is 8.03. The lowest BCUT2D eigenvalue weighted by molar-refractivity contribution is -0.123. The molecule has 0 radical (unpaired) electrons. The lowest BCUT2D eigenvalue weighted by Gasteiger charge is -2.41. The number of carbonyl (C=O) groups is 1. The Morgan fingerprint density at radius 2 is 2.29 bits per heavy atom. The minimum Gasteiger partial charge on any atom is -0.394 e. The van der Waals surface area contributed by atoms with Gasteiger partial charge in [0.15, 0.2) is 0 Å². The van der Waals surface area contributed by atoms with Gasteiger partial charge in [0.2, 0.25) is 5.91 Å². The van der Waals surface area contributed by atoms with Crippen LogP contribution in [-0.2, 0) is 4.79 Å². The first kappa shape index (κ1) is 14.5. The number of amides is 1. The Bertz CT molecular complexity index is 258. The largest absolute Gasteiger partial charge is 0.394 e. The summed E-state index contributed by atoms with van der Waals surface area (Å²) >= 11 is 0. The highest BCUT2D eigenvalue weighted by Crippen LogP contribution is 2.32. The molecule has 3 unspecified atom stereocenters. The summed E-state index contributed by atoms with van der Waals surface area (Å²) in [6.07, 6.45) is 4.25. The first-order valence-corrected chi connectivity index (χ1v) is 6.69. The topological polar surface area (TPSA) is 61.4 Å². The van der Waals surface area contributed by atoms with Crippen LogP contribution in [0, 0.1) is 5.92 Å². The molecule has 1 amide bonds. The van der Waals surface area contributed by atoms with Gasteiger partial charge >= 0.3 is 0 Å². The highest BCUT2D eigenvalue weighted by molar-refractivity contribution is 5.81. The Hall–Kier alpha value is -0.610. The second kappa shape index (κ2) is 6.36. The van der Waals surface area contributed by atoms with Crippen LogP contribution in [0.5, 0.6) is 0 Å². The van der Waals surface area contributed by atoms with Crippen molar-refractivity contribution in [2.75, 3.05) is 13.2 Å². The average Bonchev–Trinajstić information content (AvgIpc) is 2.29. The Morgan fingerprint density at radius 1 is 1.59 bits per heavy atom. The van der Waals surface area contributed by atoms with Crippen molar-refractivity contribution in [2.45, 2.75) is 58.0 Å². The maximum absolute atomic E-state index is 11.7. The van der Waals surface area contributed by atoms with Crippen molar-refractivity contribution in [3.8, 4) is 0 Å². The molecule has 3 N–H and O–H groups in total. The summed E-state index contributed by atoms with van der Waals surface area (Å²) in [7, 11) is 0. The predicted octanol–water partition coefficient (Wildman–Crippen LogP) is 1.04. The van der Waals surface area contributed by atoms with Gasteiger partial charge in [-0.15, -0.1) is 0 Å². The Labute approximate surface area is 104 Å². The van der Waals surface area contributed by atoms with Crippen LogP contribution in [0.2, 0.25) is 0 Å². The van der Waals surface area contributed by atoms with Gasteiger partial charge in [0.1, 0.15) is 0 Å². The van der Waals surface area contributed by atoms with E-state index in [9.17, 15) is 9.90 Å². The Morgan fingerprint density at radius 3 is 2.82 bits per heavy atom. The summed E-state index contributed by atoms with van der Waals surface area (Å²) in [5, 5.41) is 15.8. The molecule has 0 aromatic heterocycles. The molecule has 0 aromatic rings. The number of hydrogen-bond donors (Lipinski definition) is 3. The van der Waals surface area contributed by atoms with Crippen LogP contribution in [0.4, 0.5) is 0 Å². The SMILES string of the molecule is CCNC(=O)C(C)NC1(CO)CCCC(C)C1. The third-order valence-electron chi connectivity index (χ3n) is 3.66. The number of hydrogen-bond acceptors (Lipinski definition) is 3. The third kappa shape index (κ3) is 3.96. The molecule has 100 valence electrons. The van der Waals surface area contributed by atoms with E-state index in [0.717, 1.165) is 19.3 Å². The van der Waals surface area contributed by atoms with E-state index in [1.54, 1.807) is 0 Å². The molecule has 0 aliphatic heterocycles. The quantitative estimate of drug-likeness (QED) is 0.675. The Kier molecular flexibility index (Phi) is 5.40. The predicted molar refractivity (Wildman–Crippen MR) is 68.7 cm³/mol. The van der Waals surface area contributed by atoms with Crippen LogP contribution < -0.4 is 10.6 Å². The van der Waals surface area contributed by atoms with Crippen molar-refractivity contribution < 1.29 is 9.90 Å². The maximum Gasteiger partial charge on any atom is 0.236 e. The lowest BCUT2D eigenvalue weighted by atomic mass is 9.76. The number of nitrogens with one attached hydrogen (secondary N) is 2. The van der Waals surface area contributed by atoms with E-state index in [1.165, 1.54) is 6.42 Å². The van der Waals surface area contributed by atoms with Crippen molar-refractivity contribution in [3.63, 3.8) is 0 Å². The van der Waals surface area contributed by atoms with Crippen molar-refractivity contribution >= 4 is 5.91 Å². The monoisotopic (exact) mass is 242 g/mol. The van der Waals surface area contributed by atoms with Crippen LogP contribution >= 0.6 is 0 Å². The molecule has 0 bridgehead atoms. The fourth-order valence-electron chi connectivity index (χ4n) is 2.83. The van der Waals surface area contributed by atoms with E-state index in [4.69, 9.17) is 0 Å². The molecule has 1 aliphatic carbocycles. The van der Waals surface area contributed by atoms with Gasteiger partial charge < -0.3 is 10.4 Å². The van der Waals surface area contributed by atoms with Gasteiger partial charge in [-0.1, -0.05) is 19.8 Å². The molecule has 0 heterocycles. The summed E-state index contributed by atoms with van der Waals surface area (Å²) < 4.78 is 0. The van der Waals surface area contributed by atoms with Gasteiger partial charge in [-0.3, -0.25) is 10.1 Å². The van der Waals surface area contributed by atoms with Crippen LogP contribution in [-0.4, -0.2) is 35.7 Å². The third-order valence-corrected chi connectivity index (χ3v) is 3.66. The molecular formula is C13H26N2O2. The lowest BCUT2D eigenvalue weighted by Crippen LogP contribution is -2.58. The fourth-order valence-corrected chi connectivity index (χ4v) is 2.83. The fraction of sp³-hybridized carbons (Fsp3) is 0.923. The number of likely N-dealkylation sites (N-methyl/N-ethyl adjacent to an activating group) is 1. The van der Waals surface area contributed by atoms with Crippen LogP contribution in [0.25, 0.3) is 0 Å². The summed E-state index contributed by atoms with van der Waals surface area (Å²) in [5.41, 5.74) is -0.262. The molecule has 0 saturated heterocycles. The summed E-state index contributed by atoms with van der Waals surface area (Å²) in [6, 6.07) is -0.243.